The zero-order chi connectivity index (χ0) is 10.4. The van der Waals surface area contributed by atoms with Crippen LogP contribution in [0.3, 0.4) is 0 Å². The van der Waals surface area contributed by atoms with Crippen molar-refractivity contribution in [2.24, 2.45) is 0 Å². The fourth-order valence-electron chi connectivity index (χ4n) is 1.44. The van der Waals surface area contributed by atoms with E-state index in [9.17, 15) is 0 Å². The summed E-state index contributed by atoms with van der Waals surface area (Å²) in [5.74, 6) is 1.16. The molecule has 1 aromatic rings. The second-order valence-electron chi connectivity index (χ2n) is 3.46. The first-order chi connectivity index (χ1) is 6.77. The van der Waals surface area contributed by atoms with Gasteiger partial charge in [0.2, 0.25) is 0 Å². The number of thioether (sulfide) groups is 1. The average molecular weight is 213 g/mol. The minimum atomic E-state index is 0.356. The van der Waals surface area contributed by atoms with Gasteiger partial charge in [-0.05, 0) is 25.7 Å². The Morgan fingerprint density at radius 2 is 2.43 bits per heavy atom. The molecule has 0 aliphatic rings. The quantitative estimate of drug-likeness (QED) is 0.761. The van der Waals surface area contributed by atoms with Gasteiger partial charge in [0.25, 0.3) is 0 Å². The van der Waals surface area contributed by atoms with E-state index >= 15 is 0 Å². The number of hydrogen-bond acceptors (Lipinski definition) is 3. The summed E-state index contributed by atoms with van der Waals surface area (Å²) < 4.78 is 0. The molecular formula is C10H19N3S. The summed E-state index contributed by atoms with van der Waals surface area (Å²) in [5, 5.41) is 10.5. The van der Waals surface area contributed by atoms with Crippen molar-refractivity contribution < 1.29 is 0 Å². The SMILES string of the molecule is CCC(CSC)NC(C)c1ccn[nH]1. The molecule has 2 unspecified atom stereocenters. The van der Waals surface area contributed by atoms with Gasteiger partial charge in [0, 0.05) is 24.0 Å². The van der Waals surface area contributed by atoms with Gasteiger partial charge in [-0.25, -0.2) is 0 Å². The van der Waals surface area contributed by atoms with E-state index < -0.39 is 0 Å². The molecule has 0 aromatic carbocycles. The Morgan fingerprint density at radius 1 is 1.64 bits per heavy atom. The summed E-state index contributed by atoms with van der Waals surface area (Å²) in [6, 6.07) is 2.96. The van der Waals surface area contributed by atoms with Crippen molar-refractivity contribution >= 4 is 11.8 Å². The number of H-pyrrole nitrogens is 1. The molecule has 0 amide bonds. The molecule has 1 rings (SSSR count). The van der Waals surface area contributed by atoms with Crippen molar-refractivity contribution in [1.29, 1.82) is 0 Å². The number of aromatic nitrogens is 2. The minimum Gasteiger partial charge on any atom is -0.305 e. The third-order valence-corrected chi connectivity index (χ3v) is 3.07. The van der Waals surface area contributed by atoms with Gasteiger partial charge in [-0.2, -0.15) is 16.9 Å². The van der Waals surface area contributed by atoms with Gasteiger partial charge in [0.1, 0.15) is 0 Å². The van der Waals surface area contributed by atoms with Crippen LogP contribution in [0, 0.1) is 0 Å². The topological polar surface area (TPSA) is 40.7 Å². The molecule has 2 N–H and O–H groups in total. The molecule has 0 aliphatic heterocycles. The molecule has 3 nitrogen and oxygen atoms in total. The predicted molar refractivity (Wildman–Crippen MR) is 62.6 cm³/mol. The van der Waals surface area contributed by atoms with E-state index in [-0.39, 0.29) is 0 Å². The third kappa shape index (κ3) is 3.35. The van der Waals surface area contributed by atoms with Gasteiger partial charge in [0.15, 0.2) is 0 Å². The van der Waals surface area contributed by atoms with Crippen LogP contribution in [0.5, 0.6) is 0 Å². The van der Waals surface area contributed by atoms with Crippen molar-refractivity contribution in [3.05, 3.63) is 18.0 Å². The molecule has 2 atom stereocenters. The molecule has 4 heteroatoms. The lowest BCUT2D eigenvalue weighted by molar-refractivity contribution is 0.467. The Balaban J connectivity index is 2.42. The Morgan fingerprint density at radius 3 is 2.93 bits per heavy atom. The molecule has 0 bridgehead atoms. The molecule has 0 saturated carbocycles. The van der Waals surface area contributed by atoms with Gasteiger partial charge in [-0.1, -0.05) is 6.92 Å². The standard InChI is InChI=1S/C10H19N3S/c1-4-9(7-14-3)12-8(2)10-5-6-11-13-10/h5-6,8-9,12H,4,7H2,1-3H3,(H,11,13). The summed E-state index contributed by atoms with van der Waals surface area (Å²) in [7, 11) is 0. The van der Waals surface area contributed by atoms with Crippen LogP contribution in [0.1, 0.15) is 32.0 Å². The van der Waals surface area contributed by atoms with Gasteiger partial charge >= 0.3 is 0 Å². The van der Waals surface area contributed by atoms with E-state index in [4.69, 9.17) is 0 Å². The van der Waals surface area contributed by atoms with Crippen LogP contribution >= 0.6 is 11.8 Å². The van der Waals surface area contributed by atoms with Gasteiger partial charge in [0.05, 0.1) is 5.69 Å². The van der Waals surface area contributed by atoms with Crippen LogP contribution in [-0.2, 0) is 0 Å². The Labute approximate surface area is 90.1 Å². The van der Waals surface area contributed by atoms with Crippen molar-refractivity contribution in [1.82, 2.24) is 15.5 Å². The van der Waals surface area contributed by atoms with Gasteiger partial charge in [-0.15, -0.1) is 0 Å². The number of rotatable bonds is 6. The maximum absolute atomic E-state index is 3.95. The highest BCUT2D eigenvalue weighted by atomic mass is 32.2. The summed E-state index contributed by atoms with van der Waals surface area (Å²) in [5.41, 5.74) is 1.16. The smallest absolute Gasteiger partial charge is 0.0518 e. The summed E-state index contributed by atoms with van der Waals surface area (Å²) in [6.07, 6.45) is 5.10. The first-order valence-corrected chi connectivity index (χ1v) is 6.41. The van der Waals surface area contributed by atoms with E-state index in [1.54, 1.807) is 6.20 Å². The molecule has 1 heterocycles. The van der Waals surface area contributed by atoms with Gasteiger partial charge in [-0.3, -0.25) is 5.10 Å². The number of aromatic amines is 1. The lowest BCUT2D eigenvalue weighted by Gasteiger charge is -2.20. The molecular weight excluding hydrogens is 194 g/mol. The van der Waals surface area contributed by atoms with Gasteiger partial charge < -0.3 is 5.32 Å². The summed E-state index contributed by atoms with van der Waals surface area (Å²) in [6.45, 7) is 4.38. The van der Waals surface area contributed by atoms with Crippen molar-refractivity contribution in [3.63, 3.8) is 0 Å². The van der Waals surface area contributed by atoms with Crippen LogP contribution < -0.4 is 5.32 Å². The molecule has 0 radical (unpaired) electrons. The molecule has 0 aliphatic carbocycles. The maximum Gasteiger partial charge on any atom is 0.0518 e. The molecule has 1 aromatic heterocycles. The second-order valence-corrected chi connectivity index (χ2v) is 4.37. The van der Waals surface area contributed by atoms with E-state index in [1.807, 2.05) is 17.8 Å². The largest absolute Gasteiger partial charge is 0.305 e. The fourth-order valence-corrected chi connectivity index (χ4v) is 2.17. The normalized spacial score (nSPS) is 15.4. The lowest BCUT2D eigenvalue weighted by atomic mass is 10.2. The highest BCUT2D eigenvalue weighted by Crippen LogP contribution is 2.11. The zero-order valence-electron chi connectivity index (χ0n) is 9.08. The summed E-state index contributed by atoms with van der Waals surface area (Å²) >= 11 is 1.89. The minimum absolute atomic E-state index is 0.356. The second kappa shape index (κ2) is 6.09. The van der Waals surface area contributed by atoms with Crippen molar-refractivity contribution in [2.45, 2.75) is 32.4 Å². The maximum atomic E-state index is 3.95. The fraction of sp³-hybridized carbons (Fsp3) is 0.700. The van der Waals surface area contributed by atoms with E-state index in [0.29, 0.717) is 12.1 Å². The number of nitrogens with one attached hydrogen (secondary N) is 2. The van der Waals surface area contributed by atoms with Crippen LogP contribution in [-0.4, -0.2) is 28.2 Å². The highest BCUT2D eigenvalue weighted by molar-refractivity contribution is 7.98. The monoisotopic (exact) mass is 213 g/mol. The third-order valence-electron chi connectivity index (χ3n) is 2.34. The van der Waals surface area contributed by atoms with Crippen LogP contribution in [0.2, 0.25) is 0 Å². The summed E-state index contributed by atoms with van der Waals surface area (Å²) in [4.78, 5) is 0. The molecule has 0 fully saturated rings. The molecule has 14 heavy (non-hydrogen) atoms. The molecule has 80 valence electrons. The number of nitrogens with zero attached hydrogens (tertiary/aromatic N) is 1. The Bertz CT molecular complexity index is 236. The molecule has 0 saturated heterocycles. The number of hydrogen-bond donors (Lipinski definition) is 2. The molecule has 0 spiro atoms. The Hall–Kier alpha value is -0.480. The zero-order valence-corrected chi connectivity index (χ0v) is 9.90. The Kier molecular flexibility index (Phi) is 5.04. The highest BCUT2D eigenvalue weighted by Gasteiger charge is 2.11. The van der Waals surface area contributed by atoms with Crippen molar-refractivity contribution in [2.75, 3.05) is 12.0 Å². The average Bonchev–Trinajstić information content (AvgIpc) is 2.69. The lowest BCUT2D eigenvalue weighted by Crippen LogP contribution is -2.33. The predicted octanol–water partition coefficient (Wildman–Crippen LogP) is 2.20. The van der Waals surface area contributed by atoms with Crippen LogP contribution in [0.15, 0.2) is 12.3 Å². The van der Waals surface area contributed by atoms with Crippen LogP contribution in [0.4, 0.5) is 0 Å². The van der Waals surface area contributed by atoms with E-state index in [2.05, 4.69) is 35.6 Å². The first kappa shape index (κ1) is 11.6. The van der Waals surface area contributed by atoms with Crippen LogP contribution in [0.25, 0.3) is 0 Å². The van der Waals surface area contributed by atoms with E-state index in [1.165, 1.54) is 6.42 Å². The van der Waals surface area contributed by atoms with Crippen molar-refractivity contribution in [3.8, 4) is 0 Å². The van der Waals surface area contributed by atoms with E-state index in [0.717, 1.165) is 11.4 Å². The first-order valence-electron chi connectivity index (χ1n) is 5.02.